The second kappa shape index (κ2) is 7.52. The van der Waals surface area contributed by atoms with Gasteiger partial charge in [0, 0.05) is 45.0 Å². The molecule has 0 aromatic carbocycles. The standard InChI is InChI=1S/C14H27N3O2S/c1-3-19-9-12-4-6-17(8-12)13(15-2)16-10-14(18)5-7-20-11-14/h12,18H,3-11H2,1-2H3,(H,15,16). The van der Waals surface area contributed by atoms with Gasteiger partial charge in [0.1, 0.15) is 0 Å². The summed E-state index contributed by atoms with van der Waals surface area (Å²) in [6.45, 7) is 6.27. The molecule has 0 aromatic heterocycles. The zero-order chi connectivity index (χ0) is 14.4. The molecule has 20 heavy (non-hydrogen) atoms. The molecule has 0 aromatic rings. The van der Waals surface area contributed by atoms with Gasteiger partial charge in [-0.25, -0.2) is 0 Å². The normalized spacial score (nSPS) is 31.1. The van der Waals surface area contributed by atoms with Crippen LogP contribution in [0.25, 0.3) is 0 Å². The summed E-state index contributed by atoms with van der Waals surface area (Å²) in [5.41, 5.74) is -0.564. The number of ether oxygens (including phenoxy) is 1. The molecule has 0 amide bonds. The fourth-order valence-corrected chi connectivity index (χ4v) is 4.05. The molecule has 6 heteroatoms. The van der Waals surface area contributed by atoms with Gasteiger partial charge in [0.25, 0.3) is 0 Å². The zero-order valence-electron chi connectivity index (χ0n) is 12.6. The van der Waals surface area contributed by atoms with Crippen LogP contribution < -0.4 is 5.32 Å². The first-order valence-electron chi connectivity index (χ1n) is 7.50. The minimum absolute atomic E-state index is 0.564. The lowest BCUT2D eigenvalue weighted by Crippen LogP contribution is -2.48. The van der Waals surface area contributed by atoms with Crippen LogP contribution in [0.2, 0.25) is 0 Å². The third kappa shape index (κ3) is 4.27. The monoisotopic (exact) mass is 301 g/mol. The first-order chi connectivity index (χ1) is 9.67. The van der Waals surface area contributed by atoms with E-state index in [0.29, 0.717) is 12.5 Å². The van der Waals surface area contributed by atoms with Gasteiger partial charge >= 0.3 is 0 Å². The van der Waals surface area contributed by atoms with Gasteiger partial charge in [-0.15, -0.1) is 0 Å². The fraction of sp³-hybridized carbons (Fsp3) is 0.929. The van der Waals surface area contributed by atoms with Crippen LogP contribution in [0.5, 0.6) is 0 Å². The highest BCUT2D eigenvalue weighted by Crippen LogP contribution is 2.27. The van der Waals surface area contributed by atoms with Crippen molar-refractivity contribution < 1.29 is 9.84 Å². The Morgan fingerprint density at radius 3 is 3.10 bits per heavy atom. The summed E-state index contributed by atoms with van der Waals surface area (Å²) in [6.07, 6.45) is 2.02. The molecule has 116 valence electrons. The Kier molecular flexibility index (Phi) is 5.99. The third-order valence-corrected chi connectivity index (χ3v) is 5.25. The van der Waals surface area contributed by atoms with E-state index in [1.165, 1.54) is 0 Å². The molecule has 2 rings (SSSR count). The van der Waals surface area contributed by atoms with E-state index in [2.05, 4.69) is 15.2 Å². The van der Waals surface area contributed by atoms with Gasteiger partial charge in [-0.05, 0) is 25.5 Å². The minimum atomic E-state index is -0.564. The number of thioether (sulfide) groups is 1. The highest BCUT2D eigenvalue weighted by molar-refractivity contribution is 7.99. The van der Waals surface area contributed by atoms with E-state index in [0.717, 1.165) is 56.6 Å². The van der Waals surface area contributed by atoms with Crippen LogP contribution in [-0.2, 0) is 4.74 Å². The SMILES string of the molecule is CCOCC1CCN(C(=NC)NCC2(O)CCSC2)C1. The predicted octanol–water partition coefficient (Wildman–Crippen LogP) is 0.788. The Bertz CT molecular complexity index is 332. The summed E-state index contributed by atoms with van der Waals surface area (Å²) in [5, 5.41) is 13.7. The average molecular weight is 301 g/mol. The van der Waals surface area contributed by atoms with Crippen molar-refractivity contribution in [3.63, 3.8) is 0 Å². The molecule has 2 fully saturated rings. The first-order valence-corrected chi connectivity index (χ1v) is 8.66. The van der Waals surface area contributed by atoms with Gasteiger partial charge in [-0.2, -0.15) is 11.8 Å². The van der Waals surface area contributed by atoms with E-state index in [1.807, 2.05) is 25.7 Å². The molecule has 0 bridgehead atoms. The minimum Gasteiger partial charge on any atom is -0.387 e. The van der Waals surface area contributed by atoms with Gasteiger partial charge in [0.15, 0.2) is 5.96 Å². The number of nitrogens with zero attached hydrogens (tertiary/aromatic N) is 2. The lowest BCUT2D eigenvalue weighted by molar-refractivity contribution is 0.0717. The van der Waals surface area contributed by atoms with Crippen molar-refractivity contribution in [1.29, 1.82) is 0 Å². The van der Waals surface area contributed by atoms with Crippen LogP contribution >= 0.6 is 11.8 Å². The van der Waals surface area contributed by atoms with Crippen LogP contribution in [0.3, 0.4) is 0 Å². The van der Waals surface area contributed by atoms with E-state index in [4.69, 9.17) is 4.74 Å². The van der Waals surface area contributed by atoms with Gasteiger partial charge in [-0.3, -0.25) is 4.99 Å². The number of guanidine groups is 1. The van der Waals surface area contributed by atoms with Gasteiger partial charge < -0.3 is 20.1 Å². The molecule has 0 radical (unpaired) electrons. The fourth-order valence-electron chi connectivity index (χ4n) is 2.76. The van der Waals surface area contributed by atoms with Crippen LogP contribution in [0.15, 0.2) is 4.99 Å². The molecule has 2 saturated heterocycles. The number of hydrogen-bond donors (Lipinski definition) is 2. The number of aliphatic imine (C=N–C) groups is 1. The smallest absolute Gasteiger partial charge is 0.193 e. The van der Waals surface area contributed by atoms with Crippen molar-refractivity contribution in [2.75, 3.05) is 51.4 Å². The quantitative estimate of drug-likeness (QED) is 0.581. The van der Waals surface area contributed by atoms with Crippen molar-refractivity contribution in [2.45, 2.75) is 25.4 Å². The van der Waals surface area contributed by atoms with E-state index in [-0.39, 0.29) is 0 Å². The van der Waals surface area contributed by atoms with Crippen molar-refractivity contribution in [3.05, 3.63) is 0 Å². The highest BCUT2D eigenvalue weighted by atomic mass is 32.2. The van der Waals surface area contributed by atoms with Crippen molar-refractivity contribution in [2.24, 2.45) is 10.9 Å². The van der Waals surface area contributed by atoms with E-state index >= 15 is 0 Å². The molecule has 2 unspecified atom stereocenters. The molecule has 5 nitrogen and oxygen atoms in total. The van der Waals surface area contributed by atoms with Crippen LogP contribution in [0, 0.1) is 5.92 Å². The van der Waals surface area contributed by atoms with Crippen molar-refractivity contribution in [3.8, 4) is 0 Å². The molecule has 0 spiro atoms. The van der Waals surface area contributed by atoms with Crippen LogP contribution in [0.1, 0.15) is 19.8 Å². The summed E-state index contributed by atoms with van der Waals surface area (Å²) >= 11 is 1.82. The topological polar surface area (TPSA) is 57.1 Å². The molecule has 0 aliphatic carbocycles. The maximum absolute atomic E-state index is 10.4. The van der Waals surface area contributed by atoms with E-state index < -0.39 is 5.60 Å². The maximum Gasteiger partial charge on any atom is 0.193 e. The lowest BCUT2D eigenvalue weighted by Gasteiger charge is -2.27. The van der Waals surface area contributed by atoms with Crippen LogP contribution in [-0.4, -0.2) is 73.0 Å². The Morgan fingerprint density at radius 1 is 1.60 bits per heavy atom. The second-order valence-corrected chi connectivity index (χ2v) is 6.79. The average Bonchev–Trinajstić information content (AvgIpc) is 3.07. The Labute approximate surface area is 126 Å². The van der Waals surface area contributed by atoms with Crippen LogP contribution in [0.4, 0.5) is 0 Å². The number of likely N-dealkylation sites (tertiary alicyclic amines) is 1. The Balaban J connectivity index is 1.78. The molecule has 2 N–H and O–H groups in total. The molecule has 0 saturated carbocycles. The number of aliphatic hydroxyl groups is 1. The lowest BCUT2D eigenvalue weighted by atomic mass is 10.0. The summed E-state index contributed by atoms with van der Waals surface area (Å²) < 4.78 is 5.51. The number of nitrogens with one attached hydrogen (secondary N) is 1. The largest absolute Gasteiger partial charge is 0.387 e. The molecule has 2 aliphatic heterocycles. The summed E-state index contributed by atoms with van der Waals surface area (Å²) in [4.78, 5) is 6.62. The third-order valence-electron chi connectivity index (χ3n) is 4.01. The Morgan fingerprint density at radius 2 is 2.45 bits per heavy atom. The molecular formula is C14H27N3O2S. The molecular weight excluding hydrogens is 274 g/mol. The van der Waals surface area contributed by atoms with Gasteiger partial charge in [-0.1, -0.05) is 0 Å². The summed E-state index contributed by atoms with van der Waals surface area (Å²) in [6, 6.07) is 0. The van der Waals surface area contributed by atoms with E-state index in [9.17, 15) is 5.11 Å². The molecule has 2 atom stereocenters. The first kappa shape index (κ1) is 15.9. The maximum atomic E-state index is 10.4. The molecule has 2 heterocycles. The number of rotatable bonds is 5. The predicted molar refractivity (Wildman–Crippen MR) is 84.4 cm³/mol. The van der Waals surface area contributed by atoms with Gasteiger partial charge in [0.05, 0.1) is 12.2 Å². The van der Waals surface area contributed by atoms with Gasteiger partial charge in [0.2, 0.25) is 0 Å². The zero-order valence-corrected chi connectivity index (χ0v) is 13.4. The molecule has 2 aliphatic rings. The van der Waals surface area contributed by atoms with Crippen molar-refractivity contribution in [1.82, 2.24) is 10.2 Å². The number of hydrogen-bond acceptors (Lipinski definition) is 4. The highest BCUT2D eigenvalue weighted by Gasteiger charge is 2.33. The summed E-state index contributed by atoms with van der Waals surface area (Å²) in [5.74, 6) is 3.38. The van der Waals surface area contributed by atoms with E-state index in [1.54, 1.807) is 0 Å². The van der Waals surface area contributed by atoms with Crippen molar-refractivity contribution >= 4 is 17.7 Å². The Hall–Kier alpha value is -0.460. The summed E-state index contributed by atoms with van der Waals surface area (Å²) in [7, 11) is 1.81. The second-order valence-electron chi connectivity index (χ2n) is 5.69.